The lowest BCUT2D eigenvalue weighted by Crippen LogP contribution is -2.32. The highest BCUT2D eigenvalue weighted by Gasteiger charge is 2.06. The minimum Gasteiger partial charge on any atom is -0.403 e. The second-order valence-electron chi connectivity index (χ2n) is 1.57. The van der Waals surface area contributed by atoms with E-state index in [9.17, 15) is 0 Å². The van der Waals surface area contributed by atoms with Gasteiger partial charge in [0.25, 0.3) is 0 Å². The number of hydrazine groups is 1. The quantitative estimate of drug-likeness (QED) is 0.223. The van der Waals surface area contributed by atoms with Gasteiger partial charge in [-0.3, -0.25) is 5.84 Å². The van der Waals surface area contributed by atoms with E-state index in [1.807, 2.05) is 0 Å². The number of aliphatic hydroxyl groups is 1. The largest absolute Gasteiger partial charge is 0.403 e. The second kappa shape index (κ2) is 5.04. The van der Waals surface area contributed by atoms with Gasteiger partial charge in [0.1, 0.15) is 0 Å². The zero-order chi connectivity index (χ0) is 7.98. The van der Waals surface area contributed by atoms with E-state index >= 15 is 0 Å². The predicted molar refractivity (Wildman–Crippen MR) is 37.2 cm³/mol. The Balaban J connectivity index is 3.77. The summed E-state index contributed by atoms with van der Waals surface area (Å²) in [7, 11) is 0. The Bertz CT molecular complexity index is 115. The molecule has 0 bridgehead atoms. The van der Waals surface area contributed by atoms with Crippen LogP contribution in [0.4, 0.5) is 0 Å². The Morgan fingerprint density at radius 1 is 1.90 bits per heavy atom. The van der Waals surface area contributed by atoms with E-state index in [0.717, 1.165) is 6.20 Å². The van der Waals surface area contributed by atoms with Crippen LogP contribution in [-0.4, -0.2) is 18.0 Å². The Morgan fingerprint density at radius 3 is 2.80 bits per heavy atom. The molecule has 1 unspecified atom stereocenters. The molecule has 0 saturated heterocycles. The van der Waals surface area contributed by atoms with E-state index in [-0.39, 0.29) is 5.70 Å². The predicted octanol–water partition coefficient (Wildman–Crippen LogP) is -1.40. The van der Waals surface area contributed by atoms with Gasteiger partial charge in [-0.05, 0) is 6.92 Å². The van der Waals surface area contributed by atoms with Gasteiger partial charge in [0.15, 0.2) is 6.29 Å². The van der Waals surface area contributed by atoms with Gasteiger partial charge < -0.3 is 21.0 Å². The van der Waals surface area contributed by atoms with Crippen molar-refractivity contribution in [1.82, 2.24) is 5.43 Å². The normalized spacial score (nSPS) is 14.9. The average Bonchev–Trinajstić information content (AvgIpc) is 1.91. The summed E-state index contributed by atoms with van der Waals surface area (Å²) in [5.41, 5.74) is 7.52. The molecule has 10 heavy (non-hydrogen) atoms. The van der Waals surface area contributed by atoms with Crippen molar-refractivity contribution in [2.75, 3.05) is 6.61 Å². The topological polar surface area (TPSA) is 93.5 Å². The molecule has 0 aliphatic rings. The van der Waals surface area contributed by atoms with Crippen molar-refractivity contribution in [2.45, 2.75) is 13.2 Å². The molecule has 0 radical (unpaired) electrons. The molecule has 0 amide bonds. The Morgan fingerprint density at radius 2 is 2.50 bits per heavy atom. The highest BCUT2D eigenvalue weighted by molar-refractivity contribution is 4.97. The number of hydrogen-bond donors (Lipinski definition) is 4. The fraction of sp³-hybridized carbons (Fsp3) is 0.600. The first-order chi connectivity index (χ1) is 4.76. The molecule has 0 fully saturated rings. The maximum Gasteiger partial charge on any atom is 0.198 e. The lowest BCUT2D eigenvalue weighted by Gasteiger charge is -2.12. The first kappa shape index (κ1) is 9.22. The minimum atomic E-state index is -1.06. The van der Waals surface area contributed by atoms with Crippen molar-refractivity contribution < 1.29 is 9.84 Å². The van der Waals surface area contributed by atoms with Crippen LogP contribution in [0.1, 0.15) is 6.92 Å². The van der Waals surface area contributed by atoms with Crippen LogP contribution in [0.2, 0.25) is 0 Å². The van der Waals surface area contributed by atoms with Crippen LogP contribution in [0, 0.1) is 0 Å². The Kier molecular flexibility index (Phi) is 4.65. The van der Waals surface area contributed by atoms with Gasteiger partial charge in [-0.25, -0.2) is 0 Å². The van der Waals surface area contributed by atoms with Crippen LogP contribution in [0.15, 0.2) is 11.9 Å². The van der Waals surface area contributed by atoms with E-state index in [1.54, 1.807) is 6.92 Å². The molecule has 0 aromatic heterocycles. The maximum atomic E-state index is 9.00. The summed E-state index contributed by atoms with van der Waals surface area (Å²) in [6, 6.07) is 0. The van der Waals surface area contributed by atoms with Gasteiger partial charge >= 0.3 is 0 Å². The third kappa shape index (κ3) is 2.67. The van der Waals surface area contributed by atoms with Crippen LogP contribution >= 0.6 is 0 Å². The molecule has 0 aromatic carbocycles. The molecule has 0 aromatic rings. The zero-order valence-electron chi connectivity index (χ0n) is 5.87. The third-order valence-corrected chi connectivity index (χ3v) is 0.937. The van der Waals surface area contributed by atoms with Gasteiger partial charge in [-0.1, -0.05) is 0 Å². The molecule has 0 spiro atoms. The zero-order valence-corrected chi connectivity index (χ0v) is 5.87. The number of rotatable bonds is 4. The summed E-state index contributed by atoms with van der Waals surface area (Å²) in [6.07, 6.45) is 0.0975. The number of nitrogens with one attached hydrogen (secondary N) is 1. The standard InChI is InChI=1S/C5H13N3O2/c1-2-10-5(9)4(3-6)8-7/h3,5,8-9H,2,6-7H2,1H3/b4-3-. The first-order valence-electron chi connectivity index (χ1n) is 2.94. The molecule has 6 N–H and O–H groups in total. The number of nitrogens with two attached hydrogens (primary N) is 2. The highest BCUT2D eigenvalue weighted by Crippen LogP contribution is 1.95. The first-order valence-corrected chi connectivity index (χ1v) is 2.94. The molecule has 1 atom stereocenters. The molecular weight excluding hydrogens is 134 g/mol. The lowest BCUT2D eigenvalue weighted by atomic mass is 10.5. The van der Waals surface area contributed by atoms with Crippen molar-refractivity contribution in [3.8, 4) is 0 Å². The summed E-state index contributed by atoms with van der Waals surface area (Å²) in [6.45, 7) is 2.16. The van der Waals surface area contributed by atoms with Crippen molar-refractivity contribution in [2.24, 2.45) is 11.6 Å². The van der Waals surface area contributed by atoms with E-state index in [4.69, 9.17) is 21.4 Å². The summed E-state index contributed by atoms with van der Waals surface area (Å²) in [5.74, 6) is 4.98. The van der Waals surface area contributed by atoms with Gasteiger partial charge in [0.2, 0.25) is 0 Å². The molecular formula is C5H13N3O2. The summed E-state index contributed by atoms with van der Waals surface area (Å²) < 4.78 is 4.75. The molecule has 5 heteroatoms. The lowest BCUT2D eigenvalue weighted by molar-refractivity contribution is -0.0711. The fourth-order valence-corrected chi connectivity index (χ4v) is 0.449. The van der Waals surface area contributed by atoms with Gasteiger partial charge in [0.05, 0.1) is 5.70 Å². The van der Waals surface area contributed by atoms with E-state index in [2.05, 4.69) is 5.43 Å². The SMILES string of the molecule is CCOC(O)/C(=C/N)NN. The van der Waals surface area contributed by atoms with Crippen molar-refractivity contribution in [3.63, 3.8) is 0 Å². The summed E-state index contributed by atoms with van der Waals surface area (Å²) in [4.78, 5) is 0. The molecule has 0 aliphatic heterocycles. The highest BCUT2D eigenvalue weighted by atomic mass is 16.6. The van der Waals surface area contributed by atoms with Crippen LogP contribution in [0.3, 0.4) is 0 Å². The Labute approximate surface area is 59.6 Å². The smallest absolute Gasteiger partial charge is 0.198 e. The third-order valence-electron chi connectivity index (χ3n) is 0.937. The average molecular weight is 147 g/mol. The second-order valence-corrected chi connectivity index (χ2v) is 1.57. The van der Waals surface area contributed by atoms with Crippen LogP contribution < -0.4 is 17.0 Å². The van der Waals surface area contributed by atoms with Crippen molar-refractivity contribution in [1.29, 1.82) is 0 Å². The molecule has 0 heterocycles. The summed E-state index contributed by atoms with van der Waals surface area (Å²) >= 11 is 0. The maximum absolute atomic E-state index is 9.00. The monoisotopic (exact) mass is 147 g/mol. The van der Waals surface area contributed by atoms with Crippen molar-refractivity contribution in [3.05, 3.63) is 11.9 Å². The molecule has 0 saturated carbocycles. The summed E-state index contributed by atoms with van der Waals surface area (Å²) in [5, 5.41) is 9.00. The van der Waals surface area contributed by atoms with Crippen LogP contribution in [0.25, 0.3) is 0 Å². The number of hydrogen-bond acceptors (Lipinski definition) is 5. The molecule has 0 rings (SSSR count). The number of ether oxygens (including phenoxy) is 1. The van der Waals surface area contributed by atoms with Gasteiger partial charge in [0, 0.05) is 12.8 Å². The molecule has 0 aliphatic carbocycles. The van der Waals surface area contributed by atoms with Gasteiger partial charge in [-0.15, -0.1) is 0 Å². The minimum absolute atomic E-state index is 0.252. The molecule has 60 valence electrons. The van der Waals surface area contributed by atoms with E-state index in [0.29, 0.717) is 6.61 Å². The van der Waals surface area contributed by atoms with Crippen LogP contribution in [0.5, 0.6) is 0 Å². The Hall–Kier alpha value is -0.780. The molecule has 5 nitrogen and oxygen atoms in total. The van der Waals surface area contributed by atoms with Crippen molar-refractivity contribution >= 4 is 0 Å². The van der Waals surface area contributed by atoms with E-state index < -0.39 is 6.29 Å². The van der Waals surface area contributed by atoms with Gasteiger partial charge in [-0.2, -0.15) is 0 Å². The van der Waals surface area contributed by atoms with E-state index in [1.165, 1.54) is 0 Å². The fourth-order valence-electron chi connectivity index (χ4n) is 0.449. The number of aliphatic hydroxyl groups excluding tert-OH is 1. The van der Waals surface area contributed by atoms with Crippen LogP contribution in [-0.2, 0) is 4.74 Å².